The van der Waals surface area contributed by atoms with Crippen molar-refractivity contribution in [1.29, 1.82) is 0 Å². The zero-order valence-corrected chi connectivity index (χ0v) is 13.2. The molecule has 114 valence electrons. The maximum Gasteiger partial charge on any atom is 0.0630 e. The number of nitrogens with one attached hydrogen (secondary N) is 1. The fourth-order valence-electron chi connectivity index (χ4n) is 3.21. The van der Waals surface area contributed by atoms with Gasteiger partial charge in [0.1, 0.15) is 0 Å². The van der Waals surface area contributed by atoms with Crippen molar-refractivity contribution >= 4 is 0 Å². The minimum Gasteiger partial charge on any atom is -0.383 e. The summed E-state index contributed by atoms with van der Waals surface area (Å²) >= 11 is 0. The van der Waals surface area contributed by atoms with Gasteiger partial charge in [-0.2, -0.15) is 5.10 Å². The van der Waals surface area contributed by atoms with E-state index in [4.69, 9.17) is 9.84 Å². The molecule has 20 heavy (non-hydrogen) atoms. The summed E-state index contributed by atoms with van der Waals surface area (Å²) in [7, 11) is 1.76. The molecule has 1 aromatic rings. The van der Waals surface area contributed by atoms with Gasteiger partial charge in [0.05, 0.1) is 12.3 Å². The van der Waals surface area contributed by atoms with Crippen LogP contribution in [0.4, 0.5) is 0 Å². The van der Waals surface area contributed by atoms with Crippen LogP contribution in [0.5, 0.6) is 0 Å². The van der Waals surface area contributed by atoms with E-state index in [1.165, 1.54) is 31.4 Å². The van der Waals surface area contributed by atoms with Crippen LogP contribution >= 0.6 is 0 Å². The number of nitrogens with zero attached hydrogens (tertiary/aromatic N) is 2. The molecule has 1 heterocycles. The number of hydrogen-bond donors (Lipinski definition) is 1. The quantitative estimate of drug-likeness (QED) is 0.744. The summed E-state index contributed by atoms with van der Waals surface area (Å²) < 4.78 is 7.18. The minimum atomic E-state index is 0.407. The molecular formula is C16H29N3O. The van der Waals surface area contributed by atoms with Gasteiger partial charge in [-0.1, -0.05) is 12.8 Å². The van der Waals surface area contributed by atoms with E-state index in [0.717, 1.165) is 26.1 Å². The van der Waals surface area contributed by atoms with Gasteiger partial charge >= 0.3 is 0 Å². The lowest BCUT2D eigenvalue weighted by Gasteiger charge is -2.28. The highest BCUT2D eigenvalue weighted by Crippen LogP contribution is 2.40. The Labute approximate surface area is 122 Å². The van der Waals surface area contributed by atoms with Gasteiger partial charge in [-0.25, -0.2) is 0 Å². The van der Waals surface area contributed by atoms with Gasteiger partial charge in [0.2, 0.25) is 0 Å². The monoisotopic (exact) mass is 279 g/mol. The van der Waals surface area contributed by atoms with Gasteiger partial charge in [0.25, 0.3) is 0 Å². The molecule has 1 N–H and O–H groups in total. The molecule has 1 aromatic heterocycles. The zero-order chi connectivity index (χ0) is 14.4. The predicted octanol–water partition coefficient (Wildman–Crippen LogP) is 2.80. The lowest BCUT2D eigenvalue weighted by molar-refractivity contribution is 0.189. The first kappa shape index (κ1) is 15.5. The van der Waals surface area contributed by atoms with E-state index < -0.39 is 0 Å². The second-order valence-electron chi connectivity index (χ2n) is 6.43. The SMILES string of the molecule is COCCNCC1(Cc2ccn(C(C)C)n2)CCCC1. The summed E-state index contributed by atoms with van der Waals surface area (Å²) in [4.78, 5) is 0. The van der Waals surface area contributed by atoms with E-state index >= 15 is 0 Å². The first-order chi connectivity index (χ1) is 9.65. The predicted molar refractivity (Wildman–Crippen MR) is 82.0 cm³/mol. The third kappa shape index (κ3) is 4.06. The topological polar surface area (TPSA) is 39.1 Å². The van der Waals surface area contributed by atoms with Crippen LogP contribution in [0, 0.1) is 5.41 Å². The molecule has 0 atom stereocenters. The molecule has 4 nitrogen and oxygen atoms in total. The van der Waals surface area contributed by atoms with E-state index in [1.54, 1.807) is 7.11 Å². The molecule has 0 radical (unpaired) electrons. The van der Waals surface area contributed by atoms with Gasteiger partial charge < -0.3 is 10.1 Å². The second-order valence-corrected chi connectivity index (χ2v) is 6.43. The van der Waals surface area contributed by atoms with E-state index in [0.29, 0.717) is 11.5 Å². The van der Waals surface area contributed by atoms with E-state index in [2.05, 4.69) is 36.1 Å². The summed E-state index contributed by atoms with van der Waals surface area (Å²) in [5.74, 6) is 0. The average Bonchev–Trinajstić information content (AvgIpc) is 3.05. The summed E-state index contributed by atoms with van der Waals surface area (Å²) in [6, 6.07) is 2.64. The van der Waals surface area contributed by atoms with Crippen molar-refractivity contribution < 1.29 is 4.74 Å². The molecule has 1 aliphatic carbocycles. The van der Waals surface area contributed by atoms with Gasteiger partial charge in [-0.3, -0.25) is 4.68 Å². The number of rotatable bonds is 8. The van der Waals surface area contributed by atoms with Crippen LogP contribution in [0.1, 0.15) is 51.3 Å². The highest BCUT2D eigenvalue weighted by atomic mass is 16.5. The number of methoxy groups -OCH3 is 1. The molecule has 0 aliphatic heterocycles. The molecule has 0 saturated heterocycles. The van der Waals surface area contributed by atoms with Crippen molar-refractivity contribution in [2.45, 2.75) is 52.0 Å². The summed E-state index contributed by atoms with van der Waals surface area (Å²) in [6.45, 7) is 7.17. The van der Waals surface area contributed by atoms with Crippen LogP contribution in [-0.2, 0) is 11.2 Å². The highest BCUT2D eigenvalue weighted by Gasteiger charge is 2.34. The molecular weight excluding hydrogens is 250 g/mol. The van der Waals surface area contributed by atoms with Crippen LogP contribution in [0.25, 0.3) is 0 Å². The van der Waals surface area contributed by atoms with E-state index in [1.807, 2.05) is 0 Å². The van der Waals surface area contributed by atoms with E-state index in [-0.39, 0.29) is 0 Å². The first-order valence-electron chi connectivity index (χ1n) is 7.89. The van der Waals surface area contributed by atoms with Crippen molar-refractivity contribution in [1.82, 2.24) is 15.1 Å². The fourth-order valence-corrected chi connectivity index (χ4v) is 3.21. The molecule has 1 saturated carbocycles. The Morgan fingerprint density at radius 1 is 1.40 bits per heavy atom. The largest absolute Gasteiger partial charge is 0.383 e. The van der Waals surface area contributed by atoms with Crippen LogP contribution in [0.3, 0.4) is 0 Å². The van der Waals surface area contributed by atoms with Crippen LogP contribution in [-0.4, -0.2) is 36.6 Å². The number of hydrogen-bond acceptors (Lipinski definition) is 3. The second kappa shape index (κ2) is 7.23. The van der Waals surface area contributed by atoms with Gasteiger partial charge in [0, 0.05) is 32.4 Å². The smallest absolute Gasteiger partial charge is 0.0630 e. The third-order valence-corrected chi connectivity index (χ3v) is 4.40. The first-order valence-corrected chi connectivity index (χ1v) is 7.89. The van der Waals surface area contributed by atoms with Crippen LogP contribution in [0.2, 0.25) is 0 Å². The summed E-state index contributed by atoms with van der Waals surface area (Å²) in [5.41, 5.74) is 1.65. The maximum absolute atomic E-state index is 5.11. The van der Waals surface area contributed by atoms with Crippen molar-refractivity contribution in [3.8, 4) is 0 Å². The van der Waals surface area contributed by atoms with Crippen molar-refractivity contribution in [3.05, 3.63) is 18.0 Å². The molecule has 4 heteroatoms. The van der Waals surface area contributed by atoms with Gasteiger partial charge in [-0.05, 0) is 44.6 Å². The Morgan fingerprint density at radius 2 is 2.15 bits per heavy atom. The lowest BCUT2D eigenvalue weighted by Crippen LogP contribution is -2.35. The Bertz CT molecular complexity index is 394. The molecule has 0 bridgehead atoms. The van der Waals surface area contributed by atoms with Crippen LogP contribution < -0.4 is 5.32 Å². The molecule has 0 aromatic carbocycles. The number of aromatic nitrogens is 2. The summed E-state index contributed by atoms with van der Waals surface area (Å²) in [5, 5.41) is 8.29. The Hall–Kier alpha value is -0.870. The maximum atomic E-state index is 5.11. The lowest BCUT2D eigenvalue weighted by atomic mass is 9.81. The van der Waals surface area contributed by atoms with Gasteiger partial charge in [-0.15, -0.1) is 0 Å². The minimum absolute atomic E-state index is 0.407. The van der Waals surface area contributed by atoms with Crippen molar-refractivity contribution in [2.75, 3.05) is 26.8 Å². The molecule has 0 amide bonds. The van der Waals surface area contributed by atoms with E-state index in [9.17, 15) is 0 Å². The van der Waals surface area contributed by atoms with Crippen molar-refractivity contribution in [2.24, 2.45) is 5.41 Å². The third-order valence-electron chi connectivity index (χ3n) is 4.40. The molecule has 1 aliphatic rings. The average molecular weight is 279 g/mol. The standard InChI is InChI=1S/C16H29N3O/c1-14(2)19-10-6-15(18-19)12-16(7-4-5-8-16)13-17-9-11-20-3/h6,10,14,17H,4-5,7-9,11-13H2,1-3H3. The normalized spacial score (nSPS) is 18.0. The Balaban J connectivity index is 1.93. The Morgan fingerprint density at radius 3 is 2.75 bits per heavy atom. The molecule has 1 fully saturated rings. The number of ether oxygens (including phenoxy) is 1. The summed E-state index contributed by atoms with van der Waals surface area (Å²) in [6.07, 6.45) is 8.57. The zero-order valence-electron chi connectivity index (χ0n) is 13.2. The van der Waals surface area contributed by atoms with Crippen molar-refractivity contribution in [3.63, 3.8) is 0 Å². The molecule has 0 spiro atoms. The van der Waals surface area contributed by atoms with Gasteiger partial charge in [0.15, 0.2) is 0 Å². The Kier molecular flexibility index (Phi) is 5.61. The highest BCUT2D eigenvalue weighted by molar-refractivity contribution is 5.05. The molecule has 2 rings (SSSR count). The van der Waals surface area contributed by atoms with Crippen LogP contribution in [0.15, 0.2) is 12.3 Å². The fraction of sp³-hybridized carbons (Fsp3) is 0.812. The molecule has 0 unspecified atom stereocenters.